The number of phenolic OH excluding ortho intramolecular Hbond substituents is 2. The molecule has 2 atom stereocenters. The molecule has 0 fully saturated rings. The number of rotatable bonds is 24. The van der Waals surface area contributed by atoms with Gasteiger partial charge >= 0.3 is 0 Å². The van der Waals surface area contributed by atoms with Gasteiger partial charge in [-0.2, -0.15) is 0 Å². The van der Waals surface area contributed by atoms with Gasteiger partial charge in [0.2, 0.25) is 23.6 Å². The molecule has 248 valence electrons. The molecule has 0 radical (unpaired) electrons. The number of unbranched alkanes of at least 4 members (excludes halogenated alkanes) is 6. The summed E-state index contributed by atoms with van der Waals surface area (Å²) in [5.74, 6) is -2.40. The number of hydrogen-bond acceptors (Lipinski definition) is 9. The average molecular weight is 622 g/mol. The van der Waals surface area contributed by atoms with E-state index in [9.17, 15) is 29.4 Å². The lowest BCUT2D eigenvalue weighted by atomic mass is 10.1. The number of phenols is 2. The Bertz CT molecular complexity index is 1070. The van der Waals surface area contributed by atoms with Crippen LogP contribution in [-0.2, 0) is 25.6 Å². The first kappa shape index (κ1) is 37.9. The predicted molar refractivity (Wildman–Crippen MR) is 168 cm³/mol. The third-order valence-corrected chi connectivity index (χ3v) is 6.71. The molecule has 44 heavy (non-hydrogen) atoms. The second-order valence-corrected chi connectivity index (χ2v) is 10.6. The zero-order valence-electron chi connectivity index (χ0n) is 25.5. The molecule has 4 amide bonds. The Morgan fingerprint density at radius 2 is 1.36 bits per heavy atom. The van der Waals surface area contributed by atoms with Crippen LogP contribution in [0.2, 0.25) is 0 Å². The number of aliphatic imine (C=N–C) groups is 1. The highest BCUT2D eigenvalue weighted by atomic mass is 16.3. The lowest BCUT2D eigenvalue weighted by Crippen LogP contribution is -2.49. The summed E-state index contributed by atoms with van der Waals surface area (Å²) in [6, 6.07) is 2.10. The molecule has 0 heterocycles. The molecule has 1 rings (SSSR count). The summed E-state index contributed by atoms with van der Waals surface area (Å²) in [7, 11) is 0. The number of amides is 4. The molecule has 0 aliphatic heterocycles. The molecule has 0 aliphatic carbocycles. The van der Waals surface area contributed by atoms with E-state index < -0.39 is 29.8 Å². The van der Waals surface area contributed by atoms with Crippen LogP contribution in [0.3, 0.4) is 0 Å². The number of guanidine groups is 1. The van der Waals surface area contributed by atoms with Crippen molar-refractivity contribution >= 4 is 29.6 Å². The molecule has 0 unspecified atom stereocenters. The molecule has 14 N–H and O–H groups in total. The highest BCUT2D eigenvalue weighted by Gasteiger charge is 2.23. The third-order valence-electron chi connectivity index (χ3n) is 6.71. The van der Waals surface area contributed by atoms with Crippen LogP contribution in [-0.4, -0.2) is 84.6 Å². The van der Waals surface area contributed by atoms with E-state index in [1.165, 1.54) is 12.1 Å². The molecule has 15 nitrogen and oxygen atoms in total. The number of hydrogen-bond donors (Lipinski definition) is 10. The molecule has 0 bridgehead atoms. The monoisotopic (exact) mass is 621 g/mol. The fraction of sp³-hybridized carbons (Fsp3) is 0.621. The van der Waals surface area contributed by atoms with Gasteiger partial charge in [-0.3, -0.25) is 24.2 Å². The molecule has 15 heteroatoms. The highest BCUT2D eigenvalue weighted by molar-refractivity contribution is 5.92. The van der Waals surface area contributed by atoms with Crippen molar-refractivity contribution in [1.29, 1.82) is 0 Å². The lowest BCUT2D eigenvalue weighted by molar-refractivity contribution is -0.131. The van der Waals surface area contributed by atoms with Crippen LogP contribution in [0.1, 0.15) is 69.8 Å². The number of nitrogens with one attached hydrogen (secondary N) is 4. The first-order chi connectivity index (χ1) is 21.0. The summed E-state index contributed by atoms with van der Waals surface area (Å²) >= 11 is 0. The van der Waals surface area contributed by atoms with Gasteiger partial charge in [0.25, 0.3) is 0 Å². The summed E-state index contributed by atoms with van der Waals surface area (Å²) in [5.41, 5.74) is 21.8. The van der Waals surface area contributed by atoms with Crippen molar-refractivity contribution in [2.75, 3.05) is 32.7 Å². The number of carbonyl (C=O) groups excluding carboxylic acids is 4. The third kappa shape index (κ3) is 18.4. The Kier molecular flexibility index (Phi) is 19.3. The van der Waals surface area contributed by atoms with Gasteiger partial charge in [-0.15, -0.1) is 0 Å². The van der Waals surface area contributed by atoms with E-state index >= 15 is 0 Å². The highest BCUT2D eigenvalue weighted by Crippen LogP contribution is 2.22. The van der Waals surface area contributed by atoms with Crippen LogP contribution >= 0.6 is 0 Å². The molecular formula is C29H51N9O6. The van der Waals surface area contributed by atoms with Crippen molar-refractivity contribution < 1.29 is 29.4 Å². The summed E-state index contributed by atoms with van der Waals surface area (Å²) in [6.45, 7) is 3.11. The number of nitrogens with zero attached hydrogens (tertiary/aromatic N) is 1. The predicted octanol–water partition coefficient (Wildman–Crippen LogP) is -1.07. The topological polar surface area (TPSA) is 273 Å². The van der Waals surface area contributed by atoms with E-state index in [1.54, 1.807) is 0 Å². The molecular weight excluding hydrogens is 570 g/mol. The second-order valence-electron chi connectivity index (χ2n) is 10.6. The van der Waals surface area contributed by atoms with Crippen molar-refractivity contribution in [3.8, 4) is 11.5 Å². The number of carbonyl (C=O) groups is 4. The van der Waals surface area contributed by atoms with Crippen LogP contribution in [0.5, 0.6) is 11.5 Å². The number of nitrogens with two attached hydrogens (primary N) is 4. The maximum Gasteiger partial charge on any atom is 0.243 e. The first-order valence-electron chi connectivity index (χ1n) is 15.1. The molecule has 0 saturated heterocycles. The van der Waals surface area contributed by atoms with Crippen molar-refractivity contribution in [3.63, 3.8) is 0 Å². The minimum Gasteiger partial charge on any atom is -0.508 e. The number of benzene rings is 1. The smallest absolute Gasteiger partial charge is 0.243 e. The molecule has 1 aromatic carbocycles. The standard InChI is InChI=1S/C29H51N9O6/c30-22(11-16-37-29(32)33)27(43)35-15-8-7-13-34-12-5-3-1-2-4-6-14-36-28(44)23(19-25(31)41)38-26(42)17-20-9-10-21(39)18-24(20)40/h9-10,18,22-23,34,39-40H,1-8,11-17,19,30H2,(H2,31,41)(H,35,43)(H,36,44)(H,38,42)(H4,32,33,37)/t22-,23-/m0/s1. The van der Waals surface area contributed by atoms with Crippen molar-refractivity contribution in [3.05, 3.63) is 23.8 Å². The Balaban J connectivity index is 2.07. The zero-order valence-corrected chi connectivity index (χ0v) is 25.5. The Morgan fingerprint density at radius 1 is 0.795 bits per heavy atom. The largest absolute Gasteiger partial charge is 0.508 e. The minimum atomic E-state index is -1.11. The van der Waals surface area contributed by atoms with E-state index in [4.69, 9.17) is 22.9 Å². The Labute approximate surface area is 259 Å². The van der Waals surface area contributed by atoms with Gasteiger partial charge in [0.15, 0.2) is 5.96 Å². The van der Waals surface area contributed by atoms with Gasteiger partial charge in [0.05, 0.1) is 18.9 Å². The van der Waals surface area contributed by atoms with Gasteiger partial charge in [-0.25, -0.2) is 0 Å². The van der Waals surface area contributed by atoms with E-state index in [0.29, 0.717) is 26.1 Å². The average Bonchev–Trinajstić information content (AvgIpc) is 2.95. The molecule has 1 aromatic rings. The normalized spacial score (nSPS) is 12.1. The van der Waals surface area contributed by atoms with Gasteiger partial charge in [0, 0.05) is 31.3 Å². The van der Waals surface area contributed by atoms with Gasteiger partial charge in [-0.1, -0.05) is 31.7 Å². The van der Waals surface area contributed by atoms with Gasteiger partial charge in [0.1, 0.15) is 17.5 Å². The summed E-state index contributed by atoms with van der Waals surface area (Å²) in [5, 5.41) is 30.7. The van der Waals surface area contributed by atoms with Crippen molar-refractivity contribution in [2.24, 2.45) is 27.9 Å². The summed E-state index contributed by atoms with van der Waals surface area (Å²) < 4.78 is 0. The maximum absolute atomic E-state index is 12.5. The quantitative estimate of drug-likeness (QED) is 0.0379. The minimum absolute atomic E-state index is 0.0170. The summed E-state index contributed by atoms with van der Waals surface area (Å²) in [6.07, 6.45) is 7.58. The van der Waals surface area contributed by atoms with Gasteiger partial charge < -0.3 is 54.4 Å². The SMILES string of the molecule is NC(=O)C[C@H](NC(=O)Cc1ccc(O)cc1O)C(=O)NCCCCCCCCNCCCCNC(=O)[C@@H](N)CCN=C(N)N. The van der Waals surface area contributed by atoms with Crippen LogP contribution in [0.15, 0.2) is 23.2 Å². The number of primary amides is 1. The molecule has 0 saturated carbocycles. The Morgan fingerprint density at radius 3 is 1.98 bits per heavy atom. The van der Waals surface area contributed by atoms with E-state index in [2.05, 4.69) is 26.3 Å². The second kappa shape index (κ2) is 22.4. The van der Waals surface area contributed by atoms with Crippen LogP contribution in [0.4, 0.5) is 0 Å². The van der Waals surface area contributed by atoms with Crippen LogP contribution in [0, 0.1) is 0 Å². The van der Waals surface area contributed by atoms with Crippen LogP contribution in [0.25, 0.3) is 0 Å². The molecule has 0 aliphatic rings. The molecule has 0 spiro atoms. The maximum atomic E-state index is 12.5. The fourth-order valence-corrected chi connectivity index (χ4v) is 4.25. The van der Waals surface area contributed by atoms with Crippen molar-refractivity contribution in [1.82, 2.24) is 21.3 Å². The summed E-state index contributed by atoms with van der Waals surface area (Å²) in [4.78, 5) is 52.1. The first-order valence-corrected chi connectivity index (χ1v) is 15.1. The van der Waals surface area contributed by atoms with E-state index in [1.807, 2.05) is 0 Å². The fourth-order valence-electron chi connectivity index (χ4n) is 4.25. The van der Waals surface area contributed by atoms with Crippen LogP contribution < -0.4 is 44.2 Å². The van der Waals surface area contributed by atoms with E-state index in [0.717, 1.165) is 70.5 Å². The van der Waals surface area contributed by atoms with Gasteiger partial charge in [-0.05, 0) is 51.3 Å². The Hall–Kier alpha value is -4.11. The zero-order chi connectivity index (χ0) is 32.7. The molecule has 0 aromatic heterocycles. The number of aromatic hydroxyl groups is 2. The lowest BCUT2D eigenvalue weighted by Gasteiger charge is -2.17. The van der Waals surface area contributed by atoms with E-state index in [-0.39, 0.29) is 41.8 Å². The van der Waals surface area contributed by atoms with Crippen molar-refractivity contribution in [2.45, 2.75) is 82.7 Å².